The van der Waals surface area contributed by atoms with Crippen molar-refractivity contribution in [3.05, 3.63) is 41.6 Å². The normalized spacial score (nSPS) is 22.1. The fourth-order valence-corrected chi connectivity index (χ4v) is 6.88. The van der Waals surface area contributed by atoms with E-state index in [0.29, 0.717) is 57.3 Å². The van der Waals surface area contributed by atoms with Crippen LogP contribution < -0.4 is 9.64 Å². The quantitative estimate of drug-likeness (QED) is 0.247. The fraction of sp³-hybridized carbons (Fsp3) is 0.636. The number of hydrogen-bond donors (Lipinski definition) is 0. The van der Waals surface area contributed by atoms with Crippen molar-refractivity contribution >= 4 is 22.8 Å². The predicted molar refractivity (Wildman–Crippen MR) is 164 cm³/mol. The average molecular weight is 664 g/mol. The third-order valence-corrected chi connectivity index (χ3v) is 9.19. The number of amides is 1. The summed E-state index contributed by atoms with van der Waals surface area (Å²) in [5.41, 5.74) is -0.318. The van der Waals surface area contributed by atoms with E-state index in [0.717, 1.165) is 48.5 Å². The van der Waals surface area contributed by atoms with Gasteiger partial charge < -0.3 is 18.9 Å². The van der Waals surface area contributed by atoms with E-state index in [1.807, 2.05) is 38.4 Å². The summed E-state index contributed by atoms with van der Waals surface area (Å²) in [6, 6.07) is 2.41. The first-order chi connectivity index (χ1) is 22.3. The molecule has 0 aromatic carbocycles. The topological polar surface area (TPSA) is 101 Å². The summed E-state index contributed by atoms with van der Waals surface area (Å²) in [7, 11) is 0. The summed E-state index contributed by atoms with van der Waals surface area (Å²) < 4.78 is 79.5. The second-order valence-electron chi connectivity index (χ2n) is 13.5. The second-order valence-corrected chi connectivity index (χ2v) is 13.5. The Bertz CT molecular complexity index is 1580. The molecule has 0 unspecified atom stereocenters. The van der Waals surface area contributed by atoms with Crippen LogP contribution in [0.1, 0.15) is 102 Å². The lowest BCUT2D eigenvalue weighted by Gasteiger charge is -2.34. The van der Waals surface area contributed by atoms with Crippen molar-refractivity contribution in [3.63, 3.8) is 0 Å². The number of halogens is 4. The number of anilines is 1. The number of fused-ring (bicyclic) bond motifs is 1. The summed E-state index contributed by atoms with van der Waals surface area (Å²) >= 11 is 0. The fourth-order valence-electron chi connectivity index (χ4n) is 6.88. The minimum absolute atomic E-state index is 0.0614. The predicted octanol–water partition coefficient (Wildman–Crippen LogP) is 7.71. The largest absolute Gasteiger partial charge is 0.472 e. The molecule has 0 radical (unpaired) electrons. The third-order valence-electron chi connectivity index (χ3n) is 9.19. The van der Waals surface area contributed by atoms with Crippen LogP contribution in [-0.2, 0) is 20.4 Å². The van der Waals surface area contributed by atoms with Crippen molar-refractivity contribution in [3.8, 4) is 5.88 Å². The zero-order valence-electron chi connectivity index (χ0n) is 27.1. The van der Waals surface area contributed by atoms with Gasteiger partial charge in [-0.2, -0.15) is 18.3 Å². The van der Waals surface area contributed by atoms with Crippen LogP contribution in [-0.4, -0.2) is 63.1 Å². The smallest absolute Gasteiger partial charge is 0.419 e. The Kier molecular flexibility index (Phi) is 9.11. The Labute approximate surface area is 270 Å². The maximum atomic E-state index is 14.6. The highest BCUT2D eigenvalue weighted by Crippen LogP contribution is 2.45. The highest BCUT2D eigenvalue weighted by molar-refractivity contribution is 5.91. The molecule has 14 heteroatoms. The average Bonchev–Trinajstić information content (AvgIpc) is 3.63. The van der Waals surface area contributed by atoms with E-state index in [-0.39, 0.29) is 12.0 Å². The van der Waals surface area contributed by atoms with E-state index in [2.05, 4.69) is 9.97 Å². The molecule has 47 heavy (non-hydrogen) atoms. The van der Waals surface area contributed by atoms with Gasteiger partial charge in [0.05, 0.1) is 36.0 Å². The van der Waals surface area contributed by atoms with Gasteiger partial charge in [-0.15, -0.1) is 0 Å². The molecule has 256 valence electrons. The molecule has 3 aromatic rings. The Morgan fingerprint density at radius 3 is 2.36 bits per heavy atom. The van der Waals surface area contributed by atoms with Gasteiger partial charge in [0.25, 0.3) is 5.88 Å². The molecule has 3 aromatic heterocycles. The summed E-state index contributed by atoms with van der Waals surface area (Å²) in [5.74, 6) is -2.05. The van der Waals surface area contributed by atoms with Crippen LogP contribution in [0, 0.1) is 5.82 Å². The lowest BCUT2D eigenvalue weighted by atomic mass is 9.82. The number of rotatable bonds is 6. The van der Waals surface area contributed by atoms with Crippen LogP contribution in [0.5, 0.6) is 5.88 Å². The van der Waals surface area contributed by atoms with Gasteiger partial charge in [-0.25, -0.2) is 19.2 Å². The minimum atomic E-state index is -4.84. The number of nitrogens with zero attached hydrogens (tertiary/aromatic N) is 5. The Hall–Kier alpha value is -3.52. The molecule has 6 rings (SSSR count). The van der Waals surface area contributed by atoms with E-state index in [1.54, 1.807) is 6.20 Å². The van der Waals surface area contributed by atoms with Gasteiger partial charge in [-0.1, -0.05) is 0 Å². The van der Waals surface area contributed by atoms with Gasteiger partial charge in [0.15, 0.2) is 11.6 Å². The number of hydrogen-bond acceptors (Lipinski definition) is 8. The number of alkyl halides is 3. The van der Waals surface area contributed by atoms with Gasteiger partial charge in [-0.05, 0) is 72.3 Å². The van der Waals surface area contributed by atoms with E-state index in [1.165, 1.54) is 4.90 Å². The first-order valence-electron chi connectivity index (χ1n) is 16.3. The first kappa shape index (κ1) is 33.4. The molecule has 0 atom stereocenters. The highest BCUT2D eigenvalue weighted by Gasteiger charge is 2.42. The van der Waals surface area contributed by atoms with Gasteiger partial charge in [0.1, 0.15) is 17.5 Å². The Morgan fingerprint density at radius 2 is 1.74 bits per heavy atom. The molecule has 3 aliphatic rings. The van der Waals surface area contributed by atoms with Crippen LogP contribution in [0.2, 0.25) is 0 Å². The van der Waals surface area contributed by atoms with Crippen molar-refractivity contribution < 1.29 is 41.3 Å². The lowest BCUT2D eigenvalue weighted by molar-refractivity contribution is -0.178. The van der Waals surface area contributed by atoms with E-state index >= 15 is 0 Å². The molecule has 3 fully saturated rings. The van der Waals surface area contributed by atoms with Crippen LogP contribution >= 0.6 is 0 Å². The summed E-state index contributed by atoms with van der Waals surface area (Å²) in [4.78, 5) is 23.0. The van der Waals surface area contributed by atoms with Gasteiger partial charge in [0, 0.05) is 49.2 Å². The SMILES string of the molecule is CCN(C(=O)OC(C)(C)C)c1cc2c(cn1)c(C1CCC3(CC1)OCCO3)nn2C1CCC(Oc2nccc(C(F)(F)F)c2F)CC1. The molecule has 2 saturated carbocycles. The third kappa shape index (κ3) is 7.03. The number of carbonyl (C=O) groups excluding carboxylic acids is 1. The van der Waals surface area contributed by atoms with Crippen LogP contribution in [0.3, 0.4) is 0 Å². The number of carbonyl (C=O) groups is 1. The maximum Gasteiger partial charge on any atom is 0.419 e. The van der Waals surface area contributed by atoms with E-state index in [4.69, 9.17) is 24.0 Å². The molecule has 1 aliphatic heterocycles. The van der Waals surface area contributed by atoms with Gasteiger partial charge in [-0.3, -0.25) is 9.58 Å². The molecule has 2 aliphatic carbocycles. The van der Waals surface area contributed by atoms with Gasteiger partial charge in [0.2, 0.25) is 0 Å². The number of aromatic nitrogens is 4. The Morgan fingerprint density at radius 1 is 1.06 bits per heavy atom. The van der Waals surface area contributed by atoms with Crippen molar-refractivity contribution in [2.75, 3.05) is 24.7 Å². The summed E-state index contributed by atoms with van der Waals surface area (Å²) in [6.45, 7) is 8.83. The number of pyridine rings is 2. The van der Waals surface area contributed by atoms with Crippen molar-refractivity contribution in [2.45, 2.75) is 115 Å². The second kappa shape index (κ2) is 12.8. The monoisotopic (exact) mass is 663 g/mol. The molecule has 1 spiro atoms. The van der Waals surface area contributed by atoms with E-state index in [9.17, 15) is 22.4 Å². The molecule has 4 heterocycles. The maximum absolute atomic E-state index is 14.6. The van der Waals surface area contributed by atoms with Gasteiger partial charge >= 0.3 is 12.3 Å². The van der Waals surface area contributed by atoms with Crippen LogP contribution in [0.25, 0.3) is 10.9 Å². The van der Waals surface area contributed by atoms with E-state index < -0.39 is 47.0 Å². The summed E-state index contributed by atoms with van der Waals surface area (Å²) in [5, 5.41) is 6.07. The Balaban J connectivity index is 1.26. The molecule has 0 N–H and O–H groups in total. The molecular weight excluding hydrogens is 622 g/mol. The lowest BCUT2D eigenvalue weighted by Crippen LogP contribution is -2.37. The first-order valence-corrected chi connectivity index (χ1v) is 16.3. The zero-order chi connectivity index (χ0) is 33.6. The van der Waals surface area contributed by atoms with Crippen molar-refractivity contribution in [1.29, 1.82) is 0 Å². The molecule has 10 nitrogen and oxygen atoms in total. The number of ether oxygens (including phenoxy) is 4. The summed E-state index contributed by atoms with van der Waals surface area (Å²) in [6.07, 6.45) is 2.17. The molecule has 1 amide bonds. The molecule has 1 saturated heterocycles. The minimum Gasteiger partial charge on any atom is -0.472 e. The van der Waals surface area contributed by atoms with Crippen LogP contribution in [0.15, 0.2) is 24.5 Å². The van der Waals surface area contributed by atoms with Crippen molar-refractivity contribution in [1.82, 2.24) is 19.7 Å². The molecule has 0 bridgehead atoms. The van der Waals surface area contributed by atoms with Crippen LogP contribution in [0.4, 0.5) is 28.2 Å². The zero-order valence-corrected chi connectivity index (χ0v) is 27.1. The van der Waals surface area contributed by atoms with Crippen molar-refractivity contribution in [2.24, 2.45) is 0 Å². The highest BCUT2D eigenvalue weighted by atomic mass is 19.4. The standard InChI is InChI=1S/C33H41F4N5O5/c1-5-41(30(43)47-31(2,3)4)26-18-25-23(19-39-26)28(20-10-13-32(14-11-20)44-16-17-45-32)40-42(25)21-6-8-22(9-7-21)46-29-27(34)24(12-15-38-29)33(35,36)37/h12,15,18-22H,5-11,13-14,16-17H2,1-4H3. The molecular formula is C33H41F4N5O5.